The molecule has 0 spiro atoms. The van der Waals surface area contributed by atoms with E-state index in [1.807, 2.05) is 26.0 Å². The molecule has 0 bridgehead atoms. The number of para-hydroxylation sites is 1. The van der Waals surface area contributed by atoms with Gasteiger partial charge in [-0.2, -0.15) is 0 Å². The molecule has 0 saturated carbocycles. The van der Waals surface area contributed by atoms with Crippen molar-refractivity contribution >= 4 is 29.9 Å². The highest BCUT2D eigenvalue weighted by molar-refractivity contribution is 14.0. The predicted molar refractivity (Wildman–Crippen MR) is 116 cm³/mol. The van der Waals surface area contributed by atoms with Gasteiger partial charge in [-0.1, -0.05) is 12.1 Å². The number of ether oxygens (including phenoxy) is 2. The average molecular weight is 488 g/mol. The van der Waals surface area contributed by atoms with Crippen LogP contribution in [0.4, 0.5) is 4.39 Å². The Kier molecular flexibility index (Phi) is 10.5. The van der Waals surface area contributed by atoms with E-state index >= 15 is 0 Å². The highest BCUT2D eigenvalue weighted by Crippen LogP contribution is 2.16. The summed E-state index contributed by atoms with van der Waals surface area (Å²) in [4.78, 5) is 8.62. The molecule has 2 aromatic rings. The molecule has 1 aromatic heterocycles. The van der Waals surface area contributed by atoms with E-state index in [2.05, 4.69) is 20.6 Å². The maximum Gasteiger partial charge on any atom is 0.213 e. The Balaban J connectivity index is 0.00000364. The van der Waals surface area contributed by atoms with Crippen LogP contribution in [0.3, 0.4) is 0 Å². The molecule has 1 heterocycles. The van der Waals surface area contributed by atoms with E-state index in [1.54, 1.807) is 31.5 Å². The van der Waals surface area contributed by atoms with Gasteiger partial charge in [-0.05, 0) is 37.6 Å². The van der Waals surface area contributed by atoms with Gasteiger partial charge in [0.2, 0.25) is 5.88 Å². The number of nitrogens with zero attached hydrogens (tertiary/aromatic N) is 2. The predicted octanol–water partition coefficient (Wildman–Crippen LogP) is 3.37. The zero-order valence-corrected chi connectivity index (χ0v) is 18.1. The fourth-order valence-corrected chi connectivity index (χ4v) is 2.21. The van der Waals surface area contributed by atoms with Gasteiger partial charge in [0.05, 0.1) is 20.2 Å². The minimum atomic E-state index is -0.369. The van der Waals surface area contributed by atoms with Crippen LogP contribution in [0.25, 0.3) is 0 Å². The molecule has 0 aliphatic carbocycles. The fraction of sp³-hybridized carbons (Fsp3) is 0.368. The third-order valence-corrected chi connectivity index (χ3v) is 3.49. The lowest BCUT2D eigenvalue weighted by Gasteiger charge is -2.18. The first kappa shape index (κ1) is 22.9. The van der Waals surface area contributed by atoms with Gasteiger partial charge in [-0.25, -0.2) is 14.4 Å². The van der Waals surface area contributed by atoms with Crippen molar-refractivity contribution in [1.82, 2.24) is 15.6 Å². The van der Waals surface area contributed by atoms with E-state index in [1.165, 1.54) is 6.07 Å². The molecule has 2 rings (SSSR count). The third kappa shape index (κ3) is 7.98. The monoisotopic (exact) mass is 488 g/mol. The fourth-order valence-electron chi connectivity index (χ4n) is 2.21. The van der Waals surface area contributed by atoms with Crippen LogP contribution in [0.5, 0.6) is 11.6 Å². The molecule has 1 atom stereocenters. The molecule has 1 aromatic carbocycles. The number of nitrogens with one attached hydrogen (secondary N) is 2. The first-order valence-electron chi connectivity index (χ1n) is 8.54. The first-order chi connectivity index (χ1) is 12.6. The Morgan fingerprint density at radius 2 is 2.04 bits per heavy atom. The van der Waals surface area contributed by atoms with E-state index in [4.69, 9.17) is 9.47 Å². The molecule has 0 fully saturated rings. The van der Waals surface area contributed by atoms with Gasteiger partial charge < -0.3 is 20.1 Å². The molecule has 0 radical (unpaired) electrons. The van der Waals surface area contributed by atoms with Crippen LogP contribution in [0, 0.1) is 5.82 Å². The molecule has 0 amide bonds. The van der Waals surface area contributed by atoms with Crippen LogP contribution < -0.4 is 20.1 Å². The number of halogens is 2. The van der Waals surface area contributed by atoms with Crippen molar-refractivity contribution in [3.8, 4) is 11.6 Å². The minimum absolute atomic E-state index is 0. The Hall–Kier alpha value is -2.10. The van der Waals surface area contributed by atoms with Gasteiger partial charge in [0, 0.05) is 18.8 Å². The number of hydrogen-bond acceptors (Lipinski definition) is 4. The number of guanidine groups is 1. The van der Waals surface area contributed by atoms with Crippen LogP contribution >= 0.6 is 24.0 Å². The minimum Gasteiger partial charge on any atom is -0.486 e. The molecule has 0 aliphatic heterocycles. The summed E-state index contributed by atoms with van der Waals surface area (Å²) in [6, 6.07) is 10.1. The van der Waals surface area contributed by atoms with Crippen molar-refractivity contribution < 1.29 is 13.9 Å². The lowest BCUT2D eigenvalue weighted by molar-refractivity contribution is 0.214. The second-order valence-electron chi connectivity index (χ2n) is 5.64. The molecule has 1 unspecified atom stereocenters. The molecule has 2 N–H and O–H groups in total. The Labute approximate surface area is 176 Å². The second kappa shape index (κ2) is 12.3. The van der Waals surface area contributed by atoms with E-state index in [9.17, 15) is 4.39 Å². The standard InChI is InChI=1S/C19H25FN4O2.HI/c1-4-21-19(24-13-15-9-10-22-18(11-15)25-3)23-12-14(2)26-17-8-6-5-7-16(17)20;/h5-11,14H,4,12-13H2,1-3H3,(H2,21,23,24);1H. The SMILES string of the molecule is CCNC(=NCc1ccnc(OC)c1)NCC(C)Oc1ccccc1F.I. The zero-order chi connectivity index (χ0) is 18.8. The smallest absolute Gasteiger partial charge is 0.213 e. The van der Waals surface area contributed by atoms with Gasteiger partial charge in [0.1, 0.15) is 6.10 Å². The molecule has 148 valence electrons. The van der Waals surface area contributed by atoms with Crippen LogP contribution in [0.2, 0.25) is 0 Å². The molecule has 0 saturated heterocycles. The van der Waals surface area contributed by atoms with Gasteiger partial charge in [-0.3, -0.25) is 0 Å². The van der Waals surface area contributed by atoms with Crippen LogP contribution in [-0.2, 0) is 6.54 Å². The summed E-state index contributed by atoms with van der Waals surface area (Å²) in [7, 11) is 1.58. The number of benzene rings is 1. The molecule has 27 heavy (non-hydrogen) atoms. The van der Waals surface area contributed by atoms with Crippen molar-refractivity contribution in [2.45, 2.75) is 26.5 Å². The summed E-state index contributed by atoms with van der Waals surface area (Å²) >= 11 is 0. The van der Waals surface area contributed by atoms with Gasteiger partial charge in [-0.15, -0.1) is 24.0 Å². The average Bonchev–Trinajstić information content (AvgIpc) is 2.66. The normalized spacial score (nSPS) is 11.9. The highest BCUT2D eigenvalue weighted by atomic mass is 127. The Morgan fingerprint density at radius 1 is 1.26 bits per heavy atom. The summed E-state index contributed by atoms with van der Waals surface area (Å²) < 4.78 is 24.4. The number of rotatable bonds is 8. The van der Waals surface area contributed by atoms with Crippen LogP contribution in [0.15, 0.2) is 47.6 Å². The molecule has 8 heteroatoms. The third-order valence-electron chi connectivity index (χ3n) is 3.49. The summed E-state index contributed by atoms with van der Waals surface area (Å²) in [6.07, 6.45) is 1.46. The quantitative estimate of drug-likeness (QED) is 0.339. The van der Waals surface area contributed by atoms with Crippen LogP contribution in [0.1, 0.15) is 19.4 Å². The lowest BCUT2D eigenvalue weighted by atomic mass is 10.3. The van der Waals surface area contributed by atoms with E-state index in [0.29, 0.717) is 24.9 Å². The number of hydrogen-bond donors (Lipinski definition) is 2. The Bertz CT molecular complexity index is 730. The summed E-state index contributed by atoms with van der Waals surface area (Å²) in [5.74, 6) is 1.09. The maximum absolute atomic E-state index is 13.6. The molecule has 6 nitrogen and oxygen atoms in total. The number of methoxy groups -OCH3 is 1. The van der Waals surface area contributed by atoms with E-state index in [-0.39, 0.29) is 41.6 Å². The number of pyridine rings is 1. The summed E-state index contributed by atoms with van der Waals surface area (Å²) in [5.41, 5.74) is 0.990. The van der Waals surface area contributed by atoms with Gasteiger partial charge in [0.25, 0.3) is 0 Å². The number of aromatic nitrogens is 1. The van der Waals surface area contributed by atoms with Gasteiger partial charge >= 0.3 is 0 Å². The van der Waals surface area contributed by atoms with Crippen molar-refractivity contribution in [3.05, 3.63) is 54.0 Å². The summed E-state index contributed by atoms with van der Waals surface area (Å²) in [5, 5.41) is 6.38. The first-order valence-corrected chi connectivity index (χ1v) is 8.54. The summed E-state index contributed by atoms with van der Waals surface area (Å²) in [6.45, 7) is 5.56. The zero-order valence-electron chi connectivity index (χ0n) is 15.7. The van der Waals surface area contributed by atoms with Crippen molar-refractivity contribution in [3.63, 3.8) is 0 Å². The topological polar surface area (TPSA) is 67.8 Å². The van der Waals surface area contributed by atoms with Crippen molar-refractivity contribution in [1.29, 1.82) is 0 Å². The van der Waals surface area contributed by atoms with E-state index < -0.39 is 0 Å². The molecular weight excluding hydrogens is 462 g/mol. The maximum atomic E-state index is 13.6. The van der Waals surface area contributed by atoms with Gasteiger partial charge in [0.15, 0.2) is 17.5 Å². The second-order valence-corrected chi connectivity index (χ2v) is 5.64. The molecule has 0 aliphatic rings. The highest BCUT2D eigenvalue weighted by Gasteiger charge is 2.09. The number of aliphatic imine (C=N–C) groups is 1. The van der Waals surface area contributed by atoms with Crippen molar-refractivity contribution in [2.24, 2.45) is 4.99 Å². The van der Waals surface area contributed by atoms with E-state index in [0.717, 1.165) is 12.1 Å². The Morgan fingerprint density at radius 3 is 2.74 bits per heavy atom. The van der Waals surface area contributed by atoms with Crippen molar-refractivity contribution in [2.75, 3.05) is 20.2 Å². The largest absolute Gasteiger partial charge is 0.486 e. The lowest BCUT2D eigenvalue weighted by Crippen LogP contribution is -2.41. The van der Waals surface area contributed by atoms with Crippen LogP contribution in [-0.4, -0.2) is 37.2 Å². The molecular formula is C19H26FIN4O2.